The van der Waals surface area contributed by atoms with E-state index in [1.165, 1.54) is 17.5 Å². The molecule has 0 saturated heterocycles. The van der Waals surface area contributed by atoms with Crippen LogP contribution in [0.15, 0.2) is 72.8 Å². The van der Waals surface area contributed by atoms with Gasteiger partial charge in [-0.25, -0.2) is 0 Å². The summed E-state index contributed by atoms with van der Waals surface area (Å²) in [6.07, 6.45) is 6.30. The highest BCUT2D eigenvalue weighted by atomic mass is 14.6. The van der Waals surface area contributed by atoms with E-state index >= 15 is 0 Å². The summed E-state index contributed by atoms with van der Waals surface area (Å²) in [5.41, 5.74) is 6.09. The molecule has 0 spiro atoms. The fraction of sp³-hybridized carbons (Fsp3) is 0.238. The third-order valence-corrected chi connectivity index (χ3v) is 5.59. The largest absolute Gasteiger partial charge is 0.0845 e. The smallest absolute Gasteiger partial charge is 0.00150 e. The van der Waals surface area contributed by atoms with E-state index in [0.717, 1.165) is 23.7 Å². The van der Waals surface area contributed by atoms with E-state index in [1.54, 1.807) is 11.1 Å². The lowest BCUT2D eigenvalue weighted by molar-refractivity contribution is 0.438. The van der Waals surface area contributed by atoms with Gasteiger partial charge in [0.25, 0.3) is 0 Å². The van der Waals surface area contributed by atoms with Gasteiger partial charge in [0.2, 0.25) is 0 Å². The summed E-state index contributed by atoms with van der Waals surface area (Å²) >= 11 is 0. The van der Waals surface area contributed by atoms with Crippen LogP contribution in [0.25, 0.3) is 11.1 Å². The van der Waals surface area contributed by atoms with Gasteiger partial charge in [0.15, 0.2) is 0 Å². The summed E-state index contributed by atoms with van der Waals surface area (Å²) in [6.45, 7) is 0. The molecule has 0 heteroatoms. The lowest BCUT2D eigenvalue weighted by atomic mass is 9.59. The second kappa shape index (κ2) is 4.21. The monoisotopic (exact) mass is 270 g/mol. The Labute approximate surface area is 125 Å². The van der Waals surface area contributed by atoms with Gasteiger partial charge in [-0.3, -0.25) is 0 Å². The van der Waals surface area contributed by atoms with E-state index in [-0.39, 0.29) is 0 Å². The topological polar surface area (TPSA) is 0 Å². The first-order valence-electron chi connectivity index (χ1n) is 7.97. The quantitative estimate of drug-likeness (QED) is 0.670. The zero-order valence-electron chi connectivity index (χ0n) is 11.9. The molecule has 0 nitrogen and oxygen atoms in total. The molecule has 102 valence electrons. The Balaban J connectivity index is 1.70. The van der Waals surface area contributed by atoms with Gasteiger partial charge >= 0.3 is 0 Å². The maximum absolute atomic E-state index is 2.47. The molecule has 0 N–H and O–H groups in total. The van der Waals surface area contributed by atoms with Gasteiger partial charge in [0.1, 0.15) is 0 Å². The highest BCUT2D eigenvalue weighted by molar-refractivity contribution is 6.00. The van der Waals surface area contributed by atoms with E-state index in [9.17, 15) is 0 Å². The van der Waals surface area contributed by atoms with Gasteiger partial charge in [-0.1, -0.05) is 72.8 Å². The second-order valence-corrected chi connectivity index (χ2v) is 6.56. The van der Waals surface area contributed by atoms with Gasteiger partial charge in [-0.15, -0.1) is 0 Å². The van der Waals surface area contributed by atoms with Crippen molar-refractivity contribution >= 4 is 11.1 Å². The van der Waals surface area contributed by atoms with Gasteiger partial charge in [-0.05, 0) is 52.4 Å². The van der Waals surface area contributed by atoms with E-state index in [1.807, 2.05) is 0 Å². The molecule has 0 radical (unpaired) electrons. The molecule has 2 aromatic carbocycles. The minimum atomic E-state index is 0.762. The Kier molecular flexibility index (Phi) is 2.32. The van der Waals surface area contributed by atoms with Crippen LogP contribution in [-0.4, -0.2) is 0 Å². The second-order valence-electron chi connectivity index (χ2n) is 6.56. The normalized spacial score (nSPS) is 32.2. The highest BCUT2D eigenvalue weighted by Crippen LogP contribution is 2.66. The maximum Gasteiger partial charge on any atom is -0.00150 e. The standard InChI is InChI=1S/C21H18/c1-3-7-14(8-4-1)18-19(15-9-5-2-6-10-15)21-17-12-11-16(13-17)20(18)21/h1-12,16-17,20-21H,13H2. The Hall–Kier alpha value is -2.08. The Bertz CT molecular complexity index is 673. The zero-order chi connectivity index (χ0) is 13.8. The predicted octanol–water partition coefficient (Wildman–Crippen LogP) is 5.05. The van der Waals surface area contributed by atoms with Gasteiger partial charge in [0, 0.05) is 0 Å². The molecule has 4 unspecified atom stereocenters. The molecular weight excluding hydrogens is 252 g/mol. The Morgan fingerprint density at radius 2 is 1.00 bits per heavy atom. The molecule has 0 amide bonds. The highest BCUT2D eigenvalue weighted by Gasteiger charge is 2.54. The molecule has 21 heavy (non-hydrogen) atoms. The third kappa shape index (κ3) is 1.51. The van der Waals surface area contributed by atoms with Crippen LogP contribution in [0, 0.1) is 23.7 Å². The van der Waals surface area contributed by atoms with Crippen molar-refractivity contribution in [3.8, 4) is 0 Å². The van der Waals surface area contributed by atoms with Crippen molar-refractivity contribution < 1.29 is 0 Å². The number of hydrogen-bond acceptors (Lipinski definition) is 0. The molecule has 0 aliphatic heterocycles. The van der Waals surface area contributed by atoms with E-state index in [0.29, 0.717) is 0 Å². The summed E-state index contributed by atoms with van der Waals surface area (Å²) in [7, 11) is 0. The lowest BCUT2D eigenvalue weighted by Crippen LogP contribution is -2.32. The van der Waals surface area contributed by atoms with Crippen LogP contribution < -0.4 is 0 Å². The summed E-state index contributed by atoms with van der Waals surface area (Å²) in [4.78, 5) is 0. The fourth-order valence-electron chi connectivity index (χ4n) is 4.80. The van der Waals surface area contributed by atoms with Crippen molar-refractivity contribution in [2.45, 2.75) is 6.42 Å². The summed E-state index contributed by atoms with van der Waals surface area (Å²) < 4.78 is 0. The van der Waals surface area contributed by atoms with Crippen LogP contribution in [0.3, 0.4) is 0 Å². The van der Waals surface area contributed by atoms with Gasteiger partial charge in [-0.2, -0.15) is 0 Å². The van der Waals surface area contributed by atoms with Crippen LogP contribution in [-0.2, 0) is 0 Å². The molecular formula is C21H18. The van der Waals surface area contributed by atoms with Crippen molar-refractivity contribution in [3.05, 3.63) is 83.9 Å². The Morgan fingerprint density at radius 3 is 1.43 bits per heavy atom. The lowest BCUT2D eigenvalue weighted by Gasteiger charge is -2.44. The molecule has 1 fully saturated rings. The molecule has 3 aliphatic rings. The zero-order valence-corrected chi connectivity index (χ0v) is 11.9. The van der Waals surface area contributed by atoms with E-state index < -0.39 is 0 Å². The molecule has 0 aromatic heterocycles. The van der Waals surface area contributed by atoms with Crippen molar-refractivity contribution in [3.63, 3.8) is 0 Å². The number of allylic oxidation sites excluding steroid dienone is 4. The molecule has 5 rings (SSSR count). The molecule has 0 heterocycles. The predicted molar refractivity (Wildman–Crippen MR) is 87.4 cm³/mol. The molecule has 2 aromatic rings. The third-order valence-electron chi connectivity index (χ3n) is 5.59. The number of fused-ring (bicyclic) bond motifs is 5. The van der Waals surface area contributed by atoms with Crippen molar-refractivity contribution in [2.75, 3.05) is 0 Å². The number of hydrogen-bond donors (Lipinski definition) is 0. The summed E-state index contributed by atoms with van der Waals surface area (Å²) in [6, 6.07) is 22.0. The summed E-state index contributed by atoms with van der Waals surface area (Å²) in [5, 5.41) is 0. The number of benzene rings is 2. The van der Waals surface area contributed by atoms with Crippen LogP contribution in [0.5, 0.6) is 0 Å². The van der Waals surface area contributed by atoms with Crippen molar-refractivity contribution in [1.82, 2.24) is 0 Å². The minimum Gasteiger partial charge on any atom is -0.0845 e. The van der Waals surface area contributed by atoms with E-state index in [2.05, 4.69) is 72.8 Å². The maximum atomic E-state index is 2.47. The average Bonchev–Trinajstić information content (AvgIpc) is 3.07. The van der Waals surface area contributed by atoms with E-state index in [4.69, 9.17) is 0 Å². The van der Waals surface area contributed by atoms with Gasteiger partial charge < -0.3 is 0 Å². The van der Waals surface area contributed by atoms with Crippen LogP contribution >= 0.6 is 0 Å². The van der Waals surface area contributed by atoms with Crippen LogP contribution in [0.4, 0.5) is 0 Å². The minimum absolute atomic E-state index is 0.762. The van der Waals surface area contributed by atoms with Gasteiger partial charge in [0.05, 0.1) is 0 Å². The average molecular weight is 270 g/mol. The van der Waals surface area contributed by atoms with Crippen LogP contribution in [0.1, 0.15) is 17.5 Å². The first kappa shape index (κ1) is 11.6. The molecule has 4 atom stereocenters. The molecule has 2 bridgehead atoms. The fourth-order valence-corrected chi connectivity index (χ4v) is 4.80. The molecule has 1 saturated carbocycles. The SMILES string of the molecule is C1=CC2CC1C1C(c3ccccc3)=C(c3ccccc3)C21. The van der Waals surface area contributed by atoms with Crippen molar-refractivity contribution in [2.24, 2.45) is 23.7 Å². The number of rotatable bonds is 2. The van der Waals surface area contributed by atoms with Crippen molar-refractivity contribution in [1.29, 1.82) is 0 Å². The first-order chi connectivity index (χ1) is 10.4. The first-order valence-corrected chi connectivity index (χ1v) is 7.97. The van der Waals surface area contributed by atoms with Crippen LogP contribution in [0.2, 0.25) is 0 Å². The summed E-state index contributed by atoms with van der Waals surface area (Å²) in [5.74, 6) is 3.08. The Morgan fingerprint density at radius 1 is 0.571 bits per heavy atom. The molecule has 3 aliphatic carbocycles.